The van der Waals surface area contributed by atoms with Crippen molar-refractivity contribution in [1.29, 1.82) is 0 Å². The highest BCUT2D eigenvalue weighted by Gasteiger charge is 2.54. The second-order valence-corrected chi connectivity index (χ2v) is 6.65. The van der Waals surface area contributed by atoms with Gasteiger partial charge in [-0.1, -0.05) is 13.8 Å². The summed E-state index contributed by atoms with van der Waals surface area (Å²) in [6.45, 7) is 5.91. The highest BCUT2D eigenvalue weighted by atomic mass is 16.2. The number of Topliss-reactive ketones (excluding diaryl/α,β-unsaturated/α-hetero) is 1. The minimum absolute atomic E-state index is 0.0121. The second-order valence-electron chi connectivity index (χ2n) is 6.65. The Bertz CT molecular complexity index is 539. The normalized spacial score (nSPS) is 27.3. The monoisotopic (exact) mass is 274 g/mol. The quantitative estimate of drug-likeness (QED) is 0.854. The molecule has 1 atom stereocenters. The molecule has 4 nitrogen and oxygen atoms in total. The van der Waals surface area contributed by atoms with Gasteiger partial charge < -0.3 is 5.32 Å². The lowest BCUT2D eigenvalue weighted by molar-refractivity contribution is -0.121. The average Bonchev–Trinajstić information content (AvgIpc) is 2.94. The average molecular weight is 274 g/mol. The molecule has 2 heterocycles. The van der Waals surface area contributed by atoms with Crippen molar-refractivity contribution >= 4 is 17.4 Å². The lowest BCUT2D eigenvalue weighted by atomic mass is 9.91. The summed E-state index contributed by atoms with van der Waals surface area (Å²) >= 11 is 0. The van der Waals surface area contributed by atoms with E-state index in [0.29, 0.717) is 12.5 Å². The van der Waals surface area contributed by atoms with Crippen LogP contribution in [0, 0.1) is 5.92 Å². The zero-order valence-electron chi connectivity index (χ0n) is 12.5. The molecule has 0 saturated heterocycles. The Morgan fingerprint density at radius 3 is 2.65 bits per heavy atom. The van der Waals surface area contributed by atoms with Crippen LogP contribution in [0.25, 0.3) is 0 Å². The lowest BCUT2D eigenvalue weighted by Crippen LogP contribution is -2.31. The van der Waals surface area contributed by atoms with E-state index < -0.39 is 0 Å². The van der Waals surface area contributed by atoms with Crippen LogP contribution in [0.4, 0.5) is 0 Å². The molecule has 1 spiro atoms. The van der Waals surface area contributed by atoms with Crippen molar-refractivity contribution in [2.24, 2.45) is 10.9 Å². The van der Waals surface area contributed by atoms with E-state index >= 15 is 0 Å². The van der Waals surface area contributed by atoms with Gasteiger partial charge in [-0.05, 0) is 38.2 Å². The van der Waals surface area contributed by atoms with Gasteiger partial charge in [0, 0.05) is 24.1 Å². The van der Waals surface area contributed by atoms with Crippen molar-refractivity contribution in [3.05, 3.63) is 11.1 Å². The fourth-order valence-electron chi connectivity index (χ4n) is 3.15. The molecule has 1 amide bonds. The van der Waals surface area contributed by atoms with E-state index in [4.69, 9.17) is 0 Å². The van der Waals surface area contributed by atoms with Gasteiger partial charge in [-0.2, -0.15) is 0 Å². The first-order valence-corrected chi connectivity index (χ1v) is 7.59. The third-order valence-electron chi connectivity index (χ3n) is 4.67. The molecule has 0 radical (unpaired) electrons. The summed E-state index contributed by atoms with van der Waals surface area (Å²) in [6.07, 6.45) is 4.20. The third kappa shape index (κ3) is 2.11. The summed E-state index contributed by atoms with van der Waals surface area (Å²) in [5, 5.41) is 3.09. The Morgan fingerprint density at radius 2 is 2.15 bits per heavy atom. The first kappa shape index (κ1) is 13.5. The van der Waals surface area contributed by atoms with E-state index in [1.54, 1.807) is 0 Å². The third-order valence-corrected chi connectivity index (χ3v) is 4.67. The van der Waals surface area contributed by atoms with E-state index in [2.05, 4.69) is 17.2 Å². The van der Waals surface area contributed by atoms with Crippen LogP contribution in [0.2, 0.25) is 0 Å². The van der Waals surface area contributed by atoms with Crippen molar-refractivity contribution in [1.82, 2.24) is 5.32 Å². The molecule has 0 aromatic heterocycles. The van der Waals surface area contributed by atoms with Crippen molar-refractivity contribution in [2.45, 2.75) is 64.5 Å². The molecule has 1 N–H and O–H groups in total. The van der Waals surface area contributed by atoms with Gasteiger partial charge in [0.25, 0.3) is 5.91 Å². The number of rotatable bonds is 4. The van der Waals surface area contributed by atoms with Crippen LogP contribution in [0.3, 0.4) is 0 Å². The SMILES string of the molecule is CC1CCC(C2=C(CC(=O)C(C)C)C3(CC3)NC2=O)=N1. The van der Waals surface area contributed by atoms with Crippen LogP contribution in [0.15, 0.2) is 16.1 Å². The van der Waals surface area contributed by atoms with Gasteiger partial charge in [0.1, 0.15) is 5.78 Å². The predicted octanol–water partition coefficient (Wildman–Crippen LogP) is 2.18. The topological polar surface area (TPSA) is 58.5 Å². The Balaban J connectivity index is 1.98. The second kappa shape index (κ2) is 4.54. The molecule has 0 aromatic carbocycles. The number of hydrogen-bond donors (Lipinski definition) is 1. The summed E-state index contributed by atoms with van der Waals surface area (Å²) < 4.78 is 0. The number of amides is 1. The van der Waals surface area contributed by atoms with E-state index in [1.807, 2.05) is 13.8 Å². The van der Waals surface area contributed by atoms with Crippen LogP contribution < -0.4 is 5.32 Å². The molecular formula is C16H22N2O2. The number of nitrogens with zero attached hydrogens (tertiary/aromatic N) is 1. The van der Waals surface area contributed by atoms with Gasteiger partial charge in [-0.15, -0.1) is 0 Å². The zero-order valence-corrected chi connectivity index (χ0v) is 12.5. The molecule has 0 bridgehead atoms. The van der Waals surface area contributed by atoms with Crippen LogP contribution in [0.1, 0.15) is 52.9 Å². The molecule has 2 aliphatic heterocycles. The maximum atomic E-state index is 12.3. The molecule has 1 unspecified atom stereocenters. The molecule has 0 aromatic rings. The highest BCUT2D eigenvalue weighted by molar-refractivity contribution is 6.25. The van der Waals surface area contributed by atoms with Gasteiger partial charge in [0.2, 0.25) is 0 Å². The Kier molecular flexibility index (Phi) is 3.07. The first-order valence-electron chi connectivity index (χ1n) is 7.59. The van der Waals surface area contributed by atoms with Gasteiger partial charge in [0.15, 0.2) is 0 Å². The smallest absolute Gasteiger partial charge is 0.253 e. The number of carbonyl (C=O) groups excluding carboxylic acids is 2. The first-order chi connectivity index (χ1) is 9.43. The Hall–Kier alpha value is -1.45. The summed E-state index contributed by atoms with van der Waals surface area (Å²) in [6, 6.07) is 0.295. The number of ketones is 1. The molecule has 20 heavy (non-hydrogen) atoms. The fourth-order valence-corrected chi connectivity index (χ4v) is 3.15. The molecule has 1 aliphatic carbocycles. The highest BCUT2D eigenvalue weighted by Crippen LogP contribution is 2.49. The van der Waals surface area contributed by atoms with Gasteiger partial charge >= 0.3 is 0 Å². The lowest BCUT2D eigenvalue weighted by Gasteiger charge is -2.14. The summed E-state index contributed by atoms with van der Waals surface area (Å²) in [7, 11) is 0. The summed E-state index contributed by atoms with van der Waals surface area (Å²) in [4.78, 5) is 29.1. The summed E-state index contributed by atoms with van der Waals surface area (Å²) in [5.74, 6) is 0.216. The van der Waals surface area contributed by atoms with E-state index in [-0.39, 0.29) is 23.1 Å². The number of carbonyl (C=O) groups is 2. The van der Waals surface area contributed by atoms with E-state index in [9.17, 15) is 9.59 Å². The fraction of sp³-hybridized carbons (Fsp3) is 0.688. The molecule has 4 heteroatoms. The standard InChI is InChI=1S/C16H22N2O2/c1-9(2)13(19)8-11-14(12-5-4-10(3)17-12)15(20)18-16(11)6-7-16/h9-10H,4-8H2,1-3H3,(H,18,20). The Labute approximate surface area is 119 Å². The van der Waals surface area contributed by atoms with Crippen LogP contribution in [0.5, 0.6) is 0 Å². The van der Waals surface area contributed by atoms with Crippen molar-refractivity contribution < 1.29 is 9.59 Å². The molecule has 3 rings (SSSR count). The number of hydrogen-bond acceptors (Lipinski definition) is 3. The van der Waals surface area contributed by atoms with Crippen molar-refractivity contribution in [3.63, 3.8) is 0 Å². The largest absolute Gasteiger partial charge is 0.343 e. The molecule has 108 valence electrons. The minimum Gasteiger partial charge on any atom is -0.343 e. The zero-order chi connectivity index (χ0) is 14.5. The number of aliphatic imine (C=N–C) groups is 1. The van der Waals surface area contributed by atoms with E-state index in [0.717, 1.165) is 42.5 Å². The van der Waals surface area contributed by atoms with Crippen LogP contribution in [-0.4, -0.2) is 29.0 Å². The predicted molar refractivity (Wildman–Crippen MR) is 77.7 cm³/mol. The van der Waals surface area contributed by atoms with Crippen molar-refractivity contribution in [2.75, 3.05) is 0 Å². The van der Waals surface area contributed by atoms with Crippen LogP contribution in [-0.2, 0) is 9.59 Å². The van der Waals surface area contributed by atoms with Crippen LogP contribution >= 0.6 is 0 Å². The molecule has 3 aliphatic rings. The molecule has 1 fully saturated rings. The Morgan fingerprint density at radius 1 is 1.45 bits per heavy atom. The number of nitrogens with one attached hydrogen (secondary N) is 1. The van der Waals surface area contributed by atoms with Gasteiger partial charge in [-0.3, -0.25) is 14.6 Å². The molecular weight excluding hydrogens is 252 g/mol. The van der Waals surface area contributed by atoms with Gasteiger partial charge in [-0.25, -0.2) is 0 Å². The summed E-state index contributed by atoms with van der Waals surface area (Å²) in [5.41, 5.74) is 2.48. The van der Waals surface area contributed by atoms with E-state index in [1.165, 1.54) is 0 Å². The van der Waals surface area contributed by atoms with Crippen molar-refractivity contribution in [3.8, 4) is 0 Å². The maximum absolute atomic E-state index is 12.3. The minimum atomic E-state index is -0.203. The van der Waals surface area contributed by atoms with Gasteiger partial charge in [0.05, 0.1) is 11.1 Å². The molecule has 1 saturated carbocycles. The maximum Gasteiger partial charge on any atom is 0.253 e.